The highest BCUT2D eigenvalue weighted by Crippen LogP contribution is 2.30. The van der Waals surface area contributed by atoms with Gasteiger partial charge in [0.2, 0.25) is 21.8 Å². The molecule has 2 amide bonds. The van der Waals surface area contributed by atoms with Crippen molar-refractivity contribution in [1.82, 2.24) is 10.2 Å². The van der Waals surface area contributed by atoms with Gasteiger partial charge in [-0.25, -0.2) is 12.8 Å². The van der Waals surface area contributed by atoms with Crippen LogP contribution < -0.4 is 14.4 Å². The van der Waals surface area contributed by atoms with Gasteiger partial charge in [-0.05, 0) is 62.9 Å². The van der Waals surface area contributed by atoms with Gasteiger partial charge in [-0.2, -0.15) is 0 Å². The molecule has 0 spiro atoms. The van der Waals surface area contributed by atoms with Crippen LogP contribution in [0.15, 0.2) is 48.5 Å². The number of hydrogen-bond acceptors (Lipinski definition) is 5. The molecule has 0 aromatic heterocycles. The van der Waals surface area contributed by atoms with Gasteiger partial charge in [-0.3, -0.25) is 13.9 Å². The summed E-state index contributed by atoms with van der Waals surface area (Å²) >= 11 is 0. The Kier molecular flexibility index (Phi) is 12.0. The summed E-state index contributed by atoms with van der Waals surface area (Å²) in [6, 6.07) is 11.9. The van der Waals surface area contributed by atoms with E-state index in [1.807, 2.05) is 27.7 Å². The van der Waals surface area contributed by atoms with Gasteiger partial charge in [0.05, 0.1) is 18.6 Å². The molecule has 0 radical (unpaired) electrons. The van der Waals surface area contributed by atoms with Crippen LogP contribution in [0.5, 0.6) is 5.75 Å². The molecule has 2 atom stereocenters. The normalized spacial score (nSPS) is 12.9. The molecule has 0 aliphatic carbocycles. The Balaban J connectivity index is 2.25. The number of halogens is 1. The summed E-state index contributed by atoms with van der Waals surface area (Å²) in [5, 5.41) is 2.95. The van der Waals surface area contributed by atoms with Crippen molar-refractivity contribution in [2.75, 3.05) is 23.7 Å². The van der Waals surface area contributed by atoms with E-state index in [1.165, 1.54) is 21.3 Å². The molecule has 38 heavy (non-hydrogen) atoms. The molecule has 210 valence electrons. The largest absolute Gasteiger partial charge is 0.492 e. The predicted molar refractivity (Wildman–Crippen MR) is 148 cm³/mol. The molecule has 0 aliphatic heterocycles. The van der Waals surface area contributed by atoms with E-state index in [9.17, 15) is 22.4 Å². The fourth-order valence-electron chi connectivity index (χ4n) is 4.07. The maximum atomic E-state index is 13.5. The second kappa shape index (κ2) is 14.7. The van der Waals surface area contributed by atoms with Crippen molar-refractivity contribution in [1.29, 1.82) is 0 Å². The lowest BCUT2D eigenvalue weighted by molar-refractivity contribution is -0.141. The zero-order valence-electron chi connectivity index (χ0n) is 22.9. The summed E-state index contributed by atoms with van der Waals surface area (Å²) < 4.78 is 45.6. The lowest BCUT2D eigenvalue weighted by Gasteiger charge is -2.32. The Morgan fingerprint density at radius 1 is 1.03 bits per heavy atom. The molecule has 0 heterocycles. The summed E-state index contributed by atoms with van der Waals surface area (Å²) in [5.74, 6) is -0.480. The van der Waals surface area contributed by atoms with Gasteiger partial charge in [0.15, 0.2) is 0 Å². The highest BCUT2D eigenvalue weighted by atomic mass is 32.2. The fourth-order valence-corrected chi connectivity index (χ4v) is 5.04. The third-order valence-corrected chi connectivity index (χ3v) is 7.42. The molecular formula is C28H40FN3O5S. The Bertz CT molecular complexity index is 1160. The lowest BCUT2D eigenvalue weighted by Crippen LogP contribution is -2.50. The summed E-state index contributed by atoms with van der Waals surface area (Å²) in [6.45, 7) is 8.09. The number of ether oxygens (including phenoxy) is 1. The molecular weight excluding hydrogens is 509 g/mol. The van der Waals surface area contributed by atoms with E-state index in [-0.39, 0.29) is 49.6 Å². The predicted octanol–water partition coefficient (Wildman–Crippen LogP) is 4.49. The summed E-state index contributed by atoms with van der Waals surface area (Å²) in [5.41, 5.74) is 1.10. The van der Waals surface area contributed by atoms with Crippen molar-refractivity contribution in [3.05, 3.63) is 59.9 Å². The van der Waals surface area contributed by atoms with Crippen LogP contribution >= 0.6 is 0 Å². The number of amides is 2. The van der Waals surface area contributed by atoms with Crippen LogP contribution in [0.4, 0.5) is 10.1 Å². The molecule has 2 rings (SSSR count). The SMILES string of the molecule is CCOc1ccccc1N(CCCC(=O)N(Cc1ccc(F)cc1)[C@@H](CC)C(=O)N[C@H](C)CC)S(C)(=O)=O. The number of nitrogens with one attached hydrogen (secondary N) is 1. The quantitative estimate of drug-likeness (QED) is 0.353. The van der Waals surface area contributed by atoms with E-state index >= 15 is 0 Å². The number of hydrogen-bond donors (Lipinski definition) is 1. The van der Waals surface area contributed by atoms with Gasteiger partial charge in [0.1, 0.15) is 17.6 Å². The van der Waals surface area contributed by atoms with Gasteiger partial charge >= 0.3 is 0 Å². The molecule has 0 saturated heterocycles. The van der Waals surface area contributed by atoms with Crippen molar-refractivity contribution in [2.45, 2.75) is 72.0 Å². The van der Waals surface area contributed by atoms with Crippen LogP contribution in [-0.2, 0) is 26.2 Å². The standard InChI is InChI=1S/C28H40FN3O5S/c1-6-21(4)30-28(34)24(7-2)31(20-22-15-17-23(29)18-16-22)27(33)14-11-19-32(38(5,35)36)25-12-9-10-13-26(25)37-8-3/h9-10,12-13,15-18,21,24H,6-8,11,14,19-20H2,1-5H3,(H,30,34)/t21-,24+/m1/s1. The Hall–Kier alpha value is -3.14. The van der Waals surface area contributed by atoms with Crippen LogP contribution in [0.3, 0.4) is 0 Å². The maximum Gasteiger partial charge on any atom is 0.243 e. The highest BCUT2D eigenvalue weighted by Gasteiger charge is 2.29. The minimum atomic E-state index is -3.65. The first-order valence-electron chi connectivity index (χ1n) is 13.1. The number of sulfonamides is 1. The second-order valence-corrected chi connectivity index (χ2v) is 11.1. The summed E-state index contributed by atoms with van der Waals surface area (Å²) in [6.07, 6.45) is 2.52. The van der Waals surface area contributed by atoms with Crippen molar-refractivity contribution >= 4 is 27.5 Å². The number of nitrogens with zero attached hydrogens (tertiary/aromatic N) is 2. The average molecular weight is 550 g/mol. The van der Waals surface area contributed by atoms with Gasteiger partial charge < -0.3 is 15.0 Å². The topological polar surface area (TPSA) is 96.0 Å². The van der Waals surface area contributed by atoms with Gasteiger partial charge in [-0.1, -0.05) is 38.1 Å². The zero-order valence-corrected chi connectivity index (χ0v) is 23.8. The molecule has 0 bridgehead atoms. The first-order chi connectivity index (χ1) is 18.0. The third kappa shape index (κ3) is 9.01. The monoisotopic (exact) mass is 549 g/mol. The number of carbonyl (C=O) groups is 2. The number of anilines is 1. The Labute approximate surface area is 226 Å². The van der Waals surface area contributed by atoms with Crippen LogP contribution in [0, 0.1) is 5.82 Å². The zero-order chi connectivity index (χ0) is 28.3. The molecule has 8 nitrogen and oxygen atoms in total. The number of carbonyl (C=O) groups excluding carboxylic acids is 2. The smallest absolute Gasteiger partial charge is 0.243 e. The first kappa shape index (κ1) is 31.1. The molecule has 0 aliphatic rings. The number of para-hydroxylation sites is 2. The van der Waals surface area contributed by atoms with E-state index in [1.54, 1.807) is 36.4 Å². The third-order valence-electron chi connectivity index (χ3n) is 6.24. The second-order valence-electron chi connectivity index (χ2n) is 9.23. The molecule has 0 unspecified atom stereocenters. The summed E-state index contributed by atoms with van der Waals surface area (Å²) in [4.78, 5) is 28.1. The molecule has 1 N–H and O–H groups in total. The van der Waals surface area contributed by atoms with Crippen LogP contribution in [0.25, 0.3) is 0 Å². The van der Waals surface area contributed by atoms with Crippen molar-refractivity contribution < 1.29 is 27.1 Å². The minimum absolute atomic E-state index is 0.0249. The number of benzene rings is 2. The van der Waals surface area contributed by atoms with Crippen molar-refractivity contribution in [3.8, 4) is 5.75 Å². The van der Waals surface area contributed by atoms with Crippen LogP contribution in [-0.4, -0.2) is 56.6 Å². The van der Waals surface area contributed by atoms with E-state index < -0.39 is 16.1 Å². The summed E-state index contributed by atoms with van der Waals surface area (Å²) in [7, 11) is -3.65. The Morgan fingerprint density at radius 3 is 2.26 bits per heavy atom. The van der Waals surface area contributed by atoms with Crippen molar-refractivity contribution in [2.24, 2.45) is 0 Å². The molecule has 10 heteroatoms. The fraction of sp³-hybridized carbons (Fsp3) is 0.500. The average Bonchev–Trinajstić information content (AvgIpc) is 2.87. The molecule has 0 fully saturated rings. The number of rotatable bonds is 15. The lowest BCUT2D eigenvalue weighted by atomic mass is 10.1. The minimum Gasteiger partial charge on any atom is -0.492 e. The molecule has 0 saturated carbocycles. The van der Waals surface area contributed by atoms with Gasteiger partial charge in [0, 0.05) is 25.6 Å². The van der Waals surface area contributed by atoms with Crippen molar-refractivity contribution in [3.63, 3.8) is 0 Å². The molecule has 2 aromatic carbocycles. The van der Waals surface area contributed by atoms with Gasteiger partial charge in [0.25, 0.3) is 0 Å². The van der Waals surface area contributed by atoms with Gasteiger partial charge in [-0.15, -0.1) is 0 Å². The van der Waals surface area contributed by atoms with Crippen LogP contribution in [0.1, 0.15) is 58.9 Å². The highest BCUT2D eigenvalue weighted by molar-refractivity contribution is 7.92. The van der Waals surface area contributed by atoms with E-state index in [0.717, 1.165) is 12.7 Å². The Morgan fingerprint density at radius 2 is 1.68 bits per heavy atom. The first-order valence-corrected chi connectivity index (χ1v) is 14.9. The van der Waals surface area contributed by atoms with E-state index in [2.05, 4.69) is 5.32 Å². The van der Waals surface area contributed by atoms with Crippen LogP contribution in [0.2, 0.25) is 0 Å². The molecule has 2 aromatic rings. The van der Waals surface area contributed by atoms with E-state index in [0.29, 0.717) is 30.0 Å². The maximum absolute atomic E-state index is 13.5. The van der Waals surface area contributed by atoms with E-state index in [4.69, 9.17) is 4.74 Å².